The molecule has 1 aromatic carbocycles. The van der Waals surface area contributed by atoms with E-state index in [0.29, 0.717) is 11.5 Å². The maximum atomic E-state index is 11.6. The fourth-order valence-corrected chi connectivity index (χ4v) is 1.29. The van der Waals surface area contributed by atoms with Crippen molar-refractivity contribution in [3.05, 3.63) is 23.8 Å². The van der Waals surface area contributed by atoms with Crippen LogP contribution < -0.4 is 26.1 Å². The van der Waals surface area contributed by atoms with Crippen molar-refractivity contribution in [3.63, 3.8) is 0 Å². The molecule has 0 atom stereocenters. The Morgan fingerprint density at radius 3 is 2.56 bits per heavy atom. The molecule has 94 valence electrons. The van der Waals surface area contributed by atoms with E-state index in [0.717, 1.165) is 0 Å². The zero-order valence-corrected chi connectivity index (χ0v) is 9.06. The van der Waals surface area contributed by atoms with Gasteiger partial charge in [-0.1, -0.05) is 0 Å². The van der Waals surface area contributed by atoms with E-state index in [9.17, 15) is 14.4 Å². The van der Waals surface area contributed by atoms with E-state index < -0.39 is 17.7 Å². The third kappa shape index (κ3) is 2.32. The van der Waals surface area contributed by atoms with Crippen LogP contribution in [0.2, 0.25) is 0 Å². The summed E-state index contributed by atoms with van der Waals surface area (Å²) in [6, 6.07) is 4.50. The summed E-state index contributed by atoms with van der Waals surface area (Å²) in [5, 5.41) is 0. The third-order valence-electron chi connectivity index (χ3n) is 2.15. The van der Waals surface area contributed by atoms with Crippen LogP contribution in [0, 0.1) is 0 Å². The van der Waals surface area contributed by atoms with Crippen LogP contribution >= 0.6 is 0 Å². The van der Waals surface area contributed by atoms with E-state index in [2.05, 4.69) is 0 Å². The highest BCUT2D eigenvalue weighted by molar-refractivity contribution is 6.34. The number of carbonyl (C=O) groups is 3. The minimum absolute atomic E-state index is 0.0960. The Kier molecular flexibility index (Phi) is 3.00. The van der Waals surface area contributed by atoms with Gasteiger partial charge < -0.3 is 15.2 Å². The maximum Gasteiger partial charge on any atom is 0.327 e. The predicted molar refractivity (Wildman–Crippen MR) is 57.4 cm³/mol. The molecule has 1 heterocycles. The molecule has 1 aromatic rings. The molecule has 3 amide bonds. The quantitative estimate of drug-likeness (QED) is 0.421. The second-order valence-electron chi connectivity index (χ2n) is 3.34. The number of nitrogens with one attached hydrogen (secondary N) is 2. The van der Waals surface area contributed by atoms with Crippen molar-refractivity contribution in [1.82, 2.24) is 10.9 Å². The highest BCUT2D eigenvalue weighted by atomic mass is 16.7. The van der Waals surface area contributed by atoms with Crippen LogP contribution in [0.4, 0.5) is 0 Å². The van der Waals surface area contributed by atoms with Gasteiger partial charge in [-0.05, 0) is 18.2 Å². The molecule has 0 aromatic heterocycles. The van der Waals surface area contributed by atoms with Gasteiger partial charge in [-0.15, -0.1) is 0 Å². The first-order valence-electron chi connectivity index (χ1n) is 4.87. The van der Waals surface area contributed by atoms with E-state index in [1.807, 2.05) is 10.9 Å². The Morgan fingerprint density at radius 2 is 1.83 bits per heavy atom. The van der Waals surface area contributed by atoms with E-state index in [4.69, 9.17) is 15.2 Å². The van der Waals surface area contributed by atoms with E-state index in [1.165, 1.54) is 12.1 Å². The fourth-order valence-electron chi connectivity index (χ4n) is 1.29. The SMILES string of the molecule is NC(=O)C(=O)NNC(=O)c1ccc2c(c1)OCO2. The second kappa shape index (κ2) is 4.62. The molecule has 18 heavy (non-hydrogen) atoms. The number of rotatable bonds is 1. The average Bonchev–Trinajstić information content (AvgIpc) is 2.82. The molecule has 0 saturated heterocycles. The first-order chi connectivity index (χ1) is 8.58. The third-order valence-corrected chi connectivity index (χ3v) is 2.15. The first kappa shape index (κ1) is 11.7. The van der Waals surface area contributed by atoms with Crippen LogP contribution in [-0.4, -0.2) is 24.5 Å². The summed E-state index contributed by atoms with van der Waals surface area (Å²) in [5.74, 6) is -1.94. The van der Waals surface area contributed by atoms with Gasteiger partial charge in [0, 0.05) is 5.56 Å². The predicted octanol–water partition coefficient (Wildman–Crippen LogP) is -1.34. The van der Waals surface area contributed by atoms with Crippen LogP contribution in [0.1, 0.15) is 10.4 Å². The van der Waals surface area contributed by atoms with Crippen molar-refractivity contribution >= 4 is 17.7 Å². The smallest absolute Gasteiger partial charge is 0.327 e. The number of hydrogen-bond donors (Lipinski definition) is 3. The van der Waals surface area contributed by atoms with Gasteiger partial charge in [-0.2, -0.15) is 0 Å². The number of primary amides is 1. The van der Waals surface area contributed by atoms with Crippen LogP contribution in [0.15, 0.2) is 18.2 Å². The standard InChI is InChI=1S/C10H9N3O5/c11-8(14)10(16)13-12-9(15)5-1-2-6-7(3-5)18-4-17-6/h1-3H,4H2,(H2,11,14)(H,12,15)(H,13,16). The molecule has 0 radical (unpaired) electrons. The van der Waals surface area contributed by atoms with Gasteiger partial charge in [-0.25, -0.2) is 0 Å². The van der Waals surface area contributed by atoms with Crippen molar-refractivity contribution in [1.29, 1.82) is 0 Å². The molecular formula is C10H9N3O5. The van der Waals surface area contributed by atoms with Crippen molar-refractivity contribution in [2.24, 2.45) is 5.73 Å². The van der Waals surface area contributed by atoms with Crippen molar-refractivity contribution in [2.75, 3.05) is 6.79 Å². The van der Waals surface area contributed by atoms with Gasteiger partial charge in [0.2, 0.25) is 6.79 Å². The van der Waals surface area contributed by atoms with Crippen LogP contribution in [0.5, 0.6) is 11.5 Å². The van der Waals surface area contributed by atoms with Gasteiger partial charge in [0.05, 0.1) is 0 Å². The number of amides is 3. The molecular weight excluding hydrogens is 242 g/mol. The summed E-state index contributed by atoms with van der Waals surface area (Å²) in [6.07, 6.45) is 0. The van der Waals surface area contributed by atoms with Crippen molar-refractivity contribution < 1.29 is 23.9 Å². The van der Waals surface area contributed by atoms with E-state index in [-0.39, 0.29) is 12.4 Å². The fraction of sp³-hybridized carbons (Fsp3) is 0.100. The maximum absolute atomic E-state index is 11.6. The molecule has 0 aliphatic carbocycles. The average molecular weight is 251 g/mol. The number of carbonyl (C=O) groups excluding carboxylic acids is 3. The Balaban J connectivity index is 2.01. The Labute approximate surface area is 101 Å². The minimum atomic E-state index is -1.19. The zero-order chi connectivity index (χ0) is 13.1. The lowest BCUT2D eigenvalue weighted by Gasteiger charge is -2.05. The number of benzene rings is 1. The zero-order valence-electron chi connectivity index (χ0n) is 9.06. The van der Waals surface area contributed by atoms with Gasteiger partial charge in [0.15, 0.2) is 11.5 Å². The number of hydrogen-bond acceptors (Lipinski definition) is 5. The second-order valence-corrected chi connectivity index (χ2v) is 3.34. The molecule has 0 saturated carbocycles. The highest BCUT2D eigenvalue weighted by Crippen LogP contribution is 2.32. The Bertz CT molecular complexity index is 528. The number of nitrogens with two attached hydrogens (primary N) is 1. The molecule has 8 nitrogen and oxygen atoms in total. The van der Waals surface area contributed by atoms with E-state index in [1.54, 1.807) is 6.07 Å². The number of ether oxygens (including phenoxy) is 2. The monoisotopic (exact) mass is 251 g/mol. The summed E-state index contributed by atoms with van der Waals surface area (Å²) in [7, 11) is 0. The summed E-state index contributed by atoms with van der Waals surface area (Å²) in [6.45, 7) is 0.0960. The first-order valence-corrected chi connectivity index (χ1v) is 4.87. The number of hydrazine groups is 1. The summed E-state index contributed by atoms with van der Waals surface area (Å²) in [5.41, 5.74) is 8.83. The molecule has 1 aliphatic heterocycles. The molecule has 0 bridgehead atoms. The normalized spacial score (nSPS) is 11.8. The summed E-state index contributed by atoms with van der Waals surface area (Å²) >= 11 is 0. The molecule has 8 heteroatoms. The summed E-state index contributed by atoms with van der Waals surface area (Å²) < 4.78 is 10.2. The van der Waals surface area contributed by atoms with Crippen molar-refractivity contribution in [2.45, 2.75) is 0 Å². The van der Waals surface area contributed by atoms with E-state index >= 15 is 0 Å². The lowest BCUT2D eigenvalue weighted by atomic mass is 10.2. The Morgan fingerprint density at radius 1 is 1.11 bits per heavy atom. The van der Waals surface area contributed by atoms with Crippen molar-refractivity contribution in [3.8, 4) is 11.5 Å². The molecule has 1 aliphatic rings. The highest BCUT2D eigenvalue weighted by Gasteiger charge is 2.17. The molecule has 0 unspecified atom stereocenters. The molecule has 0 spiro atoms. The summed E-state index contributed by atoms with van der Waals surface area (Å²) in [4.78, 5) is 32.8. The lowest BCUT2D eigenvalue weighted by Crippen LogP contribution is -2.47. The van der Waals surface area contributed by atoms with Gasteiger partial charge >= 0.3 is 11.8 Å². The van der Waals surface area contributed by atoms with Crippen LogP contribution in [0.25, 0.3) is 0 Å². The minimum Gasteiger partial charge on any atom is -0.454 e. The van der Waals surface area contributed by atoms with Gasteiger partial charge in [0.1, 0.15) is 0 Å². The molecule has 0 fully saturated rings. The molecule has 4 N–H and O–H groups in total. The lowest BCUT2D eigenvalue weighted by molar-refractivity contribution is -0.137. The Hall–Kier alpha value is -2.77. The van der Waals surface area contributed by atoms with Gasteiger partial charge in [0.25, 0.3) is 5.91 Å². The number of fused-ring (bicyclic) bond motifs is 1. The molecule has 2 rings (SSSR count). The van der Waals surface area contributed by atoms with Crippen LogP contribution in [0.3, 0.4) is 0 Å². The van der Waals surface area contributed by atoms with Gasteiger partial charge in [-0.3, -0.25) is 25.2 Å². The van der Waals surface area contributed by atoms with Crippen LogP contribution in [-0.2, 0) is 9.59 Å². The topological polar surface area (TPSA) is 120 Å². The largest absolute Gasteiger partial charge is 0.454 e.